The summed E-state index contributed by atoms with van der Waals surface area (Å²) in [6.45, 7) is 4.77. The number of rotatable bonds is 4. The molecule has 3 aliphatic carbocycles. The maximum Gasteiger partial charge on any atom is 0.146 e. The summed E-state index contributed by atoms with van der Waals surface area (Å²) in [4.78, 5) is 0. The Morgan fingerprint density at radius 3 is 1.92 bits per heavy atom. The second-order valence-corrected chi connectivity index (χ2v) is 11.4. The average Bonchev–Trinajstić information content (AvgIpc) is 2.68. The minimum absolute atomic E-state index is 0.0408. The molecule has 0 heterocycles. The van der Waals surface area contributed by atoms with Crippen LogP contribution in [0.15, 0.2) is 60.7 Å². The number of hydrogen-bond donors (Lipinski definition) is 1. The van der Waals surface area contributed by atoms with Crippen LogP contribution in [-0.4, -0.2) is 17.4 Å². The molecule has 132 valence electrons. The third-order valence-corrected chi connectivity index (χ3v) is 10.7. The normalized spacial score (nSPS) is 30.5. The monoisotopic (exact) mass is 354 g/mol. The lowest BCUT2D eigenvalue weighted by Crippen LogP contribution is -2.59. The first kappa shape index (κ1) is 17.1. The SMILES string of the molecule is CC1(C)[C@@H]2C[C@H]1[C@@H](CO)[C@@H](P(=O)(c1ccccc1)c1ccccc1)C2. The zero-order chi connectivity index (χ0) is 17.7. The van der Waals surface area contributed by atoms with Gasteiger partial charge in [0.2, 0.25) is 0 Å². The molecule has 2 nitrogen and oxygen atoms in total. The molecule has 25 heavy (non-hydrogen) atoms. The largest absolute Gasteiger partial charge is 0.396 e. The molecule has 4 atom stereocenters. The highest BCUT2D eigenvalue weighted by Crippen LogP contribution is 2.68. The van der Waals surface area contributed by atoms with Crippen LogP contribution < -0.4 is 10.6 Å². The van der Waals surface area contributed by atoms with E-state index in [1.165, 1.54) is 6.42 Å². The van der Waals surface area contributed by atoms with Gasteiger partial charge in [-0.25, -0.2) is 0 Å². The van der Waals surface area contributed by atoms with Crippen molar-refractivity contribution in [3.8, 4) is 0 Å². The topological polar surface area (TPSA) is 37.3 Å². The van der Waals surface area contributed by atoms with Crippen molar-refractivity contribution in [3.05, 3.63) is 60.7 Å². The molecule has 5 rings (SSSR count). The van der Waals surface area contributed by atoms with Crippen molar-refractivity contribution < 1.29 is 9.67 Å². The van der Waals surface area contributed by atoms with Crippen LogP contribution in [0, 0.1) is 23.2 Å². The fourth-order valence-electron chi connectivity index (χ4n) is 5.42. The molecule has 1 N–H and O–H groups in total. The van der Waals surface area contributed by atoms with Crippen molar-refractivity contribution in [1.82, 2.24) is 0 Å². The van der Waals surface area contributed by atoms with Crippen LogP contribution in [0.3, 0.4) is 0 Å². The molecular weight excluding hydrogens is 327 g/mol. The molecule has 0 radical (unpaired) electrons. The molecule has 2 aromatic rings. The van der Waals surface area contributed by atoms with Crippen molar-refractivity contribution >= 4 is 17.8 Å². The van der Waals surface area contributed by atoms with Crippen LogP contribution in [0.1, 0.15) is 26.7 Å². The molecule has 2 bridgehead atoms. The first-order valence-corrected chi connectivity index (χ1v) is 11.1. The van der Waals surface area contributed by atoms with Crippen molar-refractivity contribution in [2.75, 3.05) is 6.61 Å². The Balaban J connectivity index is 1.84. The Morgan fingerprint density at radius 1 is 0.960 bits per heavy atom. The van der Waals surface area contributed by atoms with Gasteiger partial charge in [0.1, 0.15) is 7.14 Å². The summed E-state index contributed by atoms with van der Waals surface area (Å²) >= 11 is 0. The lowest BCUT2D eigenvalue weighted by Gasteiger charge is -2.63. The van der Waals surface area contributed by atoms with Gasteiger partial charge < -0.3 is 9.67 Å². The van der Waals surface area contributed by atoms with Gasteiger partial charge in [0.05, 0.1) is 0 Å². The summed E-state index contributed by atoms with van der Waals surface area (Å²) in [5, 5.41) is 12.1. The molecular formula is C22H27O2P. The van der Waals surface area contributed by atoms with E-state index in [1.807, 2.05) is 60.7 Å². The summed E-state index contributed by atoms with van der Waals surface area (Å²) in [6, 6.07) is 19.9. The molecule has 2 aromatic carbocycles. The summed E-state index contributed by atoms with van der Waals surface area (Å²) in [5.74, 6) is 1.21. The number of aliphatic hydroxyl groups is 1. The van der Waals surface area contributed by atoms with Crippen molar-refractivity contribution in [1.29, 1.82) is 0 Å². The average molecular weight is 354 g/mol. The second-order valence-electron chi connectivity index (χ2n) is 8.34. The van der Waals surface area contributed by atoms with Gasteiger partial charge >= 0.3 is 0 Å². The lowest BCUT2D eigenvalue weighted by molar-refractivity contribution is -0.114. The van der Waals surface area contributed by atoms with Crippen LogP contribution >= 0.6 is 7.14 Å². The maximum absolute atomic E-state index is 14.6. The van der Waals surface area contributed by atoms with E-state index in [9.17, 15) is 9.67 Å². The quantitative estimate of drug-likeness (QED) is 0.842. The standard InChI is InChI=1S/C22H27O2P/c1-22(2)16-13-20(22)19(15-23)21(14-16)25(24,17-9-5-3-6-10-17)18-11-7-4-8-12-18/h3-12,16,19-21,23H,13-15H2,1-2H3/t16-,19-,20+,21+/m1/s1. The van der Waals surface area contributed by atoms with E-state index < -0.39 is 7.14 Å². The Kier molecular flexibility index (Phi) is 4.17. The number of benzene rings is 2. The molecule has 3 saturated carbocycles. The van der Waals surface area contributed by atoms with Gasteiger partial charge in [-0.2, -0.15) is 0 Å². The van der Waals surface area contributed by atoms with Gasteiger partial charge in [-0.1, -0.05) is 74.5 Å². The van der Waals surface area contributed by atoms with Gasteiger partial charge in [-0.3, -0.25) is 0 Å². The predicted molar refractivity (Wildman–Crippen MR) is 104 cm³/mol. The third-order valence-electron chi connectivity index (χ3n) is 7.04. The van der Waals surface area contributed by atoms with Gasteiger partial charge in [0, 0.05) is 22.9 Å². The molecule has 0 amide bonds. The van der Waals surface area contributed by atoms with E-state index in [0.29, 0.717) is 11.8 Å². The number of fused-ring (bicyclic) bond motifs is 2. The molecule has 0 aromatic heterocycles. The third kappa shape index (κ3) is 2.46. The highest BCUT2D eigenvalue weighted by Gasteiger charge is 2.61. The highest BCUT2D eigenvalue weighted by molar-refractivity contribution is 7.79. The Morgan fingerprint density at radius 2 is 1.48 bits per heavy atom. The van der Waals surface area contributed by atoms with E-state index in [2.05, 4.69) is 13.8 Å². The maximum atomic E-state index is 14.6. The van der Waals surface area contributed by atoms with Crippen molar-refractivity contribution in [2.24, 2.45) is 23.2 Å². The van der Waals surface area contributed by atoms with Gasteiger partial charge in [0.15, 0.2) is 0 Å². The summed E-state index contributed by atoms with van der Waals surface area (Å²) < 4.78 is 14.6. The zero-order valence-corrected chi connectivity index (χ0v) is 15.9. The van der Waals surface area contributed by atoms with Crippen LogP contribution in [0.4, 0.5) is 0 Å². The van der Waals surface area contributed by atoms with E-state index in [-0.39, 0.29) is 23.6 Å². The summed E-state index contributed by atoms with van der Waals surface area (Å²) in [5.41, 5.74) is 0.307. The molecule has 0 aliphatic heterocycles. The Bertz CT molecular complexity index is 741. The molecule has 0 saturated heterocycles. The molecule has 3 fully saturated rings. The van der Waals surface area contributed by atoms with Crippen LogP contribution in [0.2, 0.25) is 0 Å². The fourth-order valence-corrected chi connectivity index (χ4v) is 9.10. The number of hydrogen-bond acceptors (Lipinski definition) is 2. The van der Waals surface area contributed by atoms with Crippen molar-refractivity contribution in [2.45, 2.75) is 32.3 Å². The van der Waals surface area contributed by atoms with E-state index in [4.69, 9.17) is 0 Å². The van der Waals surface area contributed by atoms with E-state index in [0.717, 1.165) is 17.0 Å². The predicted octanol–water partition coefficient (Wildman–Crippen LogP) is 4.04. The minimum atomic E-state index is -2.80. The Labute approximate surface area is 150 Å². The Hall–Kier alpha value is -1.37. The van der Waals surface area contributed by atoms with Crippen LogP contribution in [-0.2, 0) is 4.57 Å². The molecule has 0 unspecified atom stereocenters. The first-order valence-electron chi connectivity index (χ1n) is 9.31. The van der Waals surface area contributed by atoms with E-state index >= 15 is 0 Å². The molecule has 3 aliphatic rings. The van der Waals surface area contributed by atoms with Gasteiger partial charge in [-0.05, 0) is 36.0 Å². The zero-order valence-electron chi connectivity index (χ0n) is 15.0. The summed E-state index contributed by atoms with van der Waals surface area (Å²) in [7, 11) is -2.80. The van der Waals surface area contributed by atoms with Gasteiger partial charge in [-0.15, -0.1) is 0 Å². The minimum Gasteiger partial charge on any atom is -0.396 e. The second kappa shape index (κ2) is 6.11. The van der Waals surface area contributed by atoms with Crippen LogP contribution in [0.5, 0.6) is 0 Å². The van der Waals surface area contributed by atoms with Crippen molar-refractivity contribution in [3.63, 3.8) is 0 Å². The smallest absolute Gasteiger partial charge is 0.146 e. The number of aliphatic hydroxyl groups excluding tert-OH is 1. The lowest BCUT2D eigenvalue weighted by atomic mass is 9.45. The fraction of sp³-hybridized carbons (Fsp3) is 0.455. The molecule has 0 spiro atoms. The van der Waals surface area contributed by atoms with Crippen LogP contribution in [0.25, 0.3) is 0 Å². The first-order chi connectivity index (χ1) is 12.0. The highest BCUT2D eigenvalue weighted by atomic mass is 31.2. The van der Waals surface area contributed by atoms with E-state index in [1.54, 1.807) is 0 Å². The van der Waals surface area contributed by atoms with Gasteiger partial charge in [0.25, 0.3) is 0 Å². The summed E-state index contributed by atoms with van der Waals surface area (Å²) in [6.07, 6.45) is 2.13. The molecule has 3 heteroatoms.